The number of hydrogen-bond acceptors (Lipinski definition) is 4. The van der Waals surface area contributed by atoms with Gasteiger partial charge in [0.2, 0.25) is 5.91 Å². The Morgan fingerprint density at radius 1 is 1.43 bits per heavy atom. The molecule has 1 unspecified atom stereocenters. The molecule has 0 saturated heterocycles. The van der Waals surface area contributed by atoms with E-state index >= 15 is 0 Å². The van der Waals surface area contributed by atoms with E-state index in [9.17, 15) is 14.3 Å². The number of aryl methyl sites for hydroxylation is 2. The zero-order valence-electron chi connectivity index (χ0n) is 16.5. The first kappa shape index (κ1) is 21.1. The summed E-state index contributed by atoms with van der Waals surface area (Å²) < 4.78 is 20.0. The van der Waals surface area contributed by atoms with Gasteiger partial charge in [-0.3, -0.25) is 4.79 Å². The number of unbranched alkanes of at least 4 members (excludes halogenated alkanes) is 1. The zero-order valence-corrected chi connectivity index (χ0v) is 18.1. The SMILES string of the molecule is COC1(C)c2nc3cc(F)c(C)cc3c(CCCCBr)c2CN1C(=O)CCO. The van der Waals surface area contributed by atoms with E-state index in [1.165, 1.54) is 6.07 Å². The van der Waals surface area contributed by atoms with E-state index in [2.05, 4.69) is 15.9 Å². The molecule has 2 heterocycles. The first-order valence-corrected chi connectivity index (χ1v) is 10.6. The van der Waals surface area contributed by atoms with Crippen molar-refractivity contribution >= 4 is 32.7 Å². The third-order valence-corrected chi connectivity index (χ3v) is 6.15. The van der Waals surface area contributed by atoms with Crippen molar-refractivity contribution in [3.8, 4) is 0 Å². The summed E-state index contributed by atoms with van der Waals surface area (Å²) >= 11 is 3.47. The van der Waals surface area contributed by atoms with Crippen LogP contribution in [0.25, 0.3) is 10.9 Å². The number of aliphatic hydroxyl groups is 1. The van der Waals surface area contributed by atoms with Gasteiger partial charge in [0.25, 0.3) is 0 Å². The molecule has 5 nitrogen and oxygen atoms in total. The number of benzene rings is 1. The second-order valence-electron chi connectivity index (χ2n) is 7.32. The summed E-state index contributed by atoms with van der Waals surface area (Å²) in [6.07, 6.45) is 2.84. The number of methoxy groups -OCH3 is 1. The van der Waals surface area contributed by atoms with E-state index < -0.39 is 5.72 Å². The summed E-state index contributed by atoms with van der Waals surface area (Å²) in [7, 11) is 1.54. The number of amides is 1. The maximum atomic E-state index is 14.2. The molecule has 1 aliphatic rings. The highest BCUT2D eigenvalue weighted by molar-refractivity contribution is 9.09. The molecule has 0 spiro atoms. The van der Waals surface area contributed by atoms with Crippen molar-refractivity contribution in [2.24, 2.45) is 0 Å². The van der Waals surface area contributed by atoms with Crippen LogP contribution in [0.2, 0.25) is 0 Å². The minimum absolute atomic E-state index is 0.0269. The quantitative estimate of drug-likeness (QED) is 0.510. The van der Waals surface area contributed by atoms with Crippen LogP contribution in [-0.4, -0.2) is 39.9 Å². The minimum atomic E-state index is -1.04. The van der Waals surface area contributed by atoms with E-state index in [0.29, 0.717) is 23.3 Å². The molecule has 7 heteroatoms. The molecule has 1 amide bonds. The number of nitrogens with zero attached hydrogens (tertiary/aromatic N) is 2. The van der Waals surface area contributed by atoms with Gasteiger partial charge in [0.1, 0.15) is 5.82 Å². The predicted octanol–water partition coefficient (Wildman–Crippen LogP) is 3.94. The van der Waals surface area contributed by atoms with Crippen molar-refractivity contribution in [2.75, 3.05) is 19.0 Å². The Kier molecular flexibility index (Phi) is 6.37. The fourth-order valence-electron chi connectivity index (χ4n) is 3.93. The van der Waals surface area contributed by atoms with Crippen molar-refractivity contribution in [2.45, 2.75) is 51.8 Å². The van der Waals surface area contributed by atoms with Crippen LogP contribution in [0.1, 0.15) is 48.6 Å². The maximum absolute atomic E-state index is 14.2. The topological polar surface area (TPSA) is 62.7 Å². The van der Waals surface area contributed by atoms with Crippen LogP contribution in [0, 0.1) is 12.7 Å². The van der Waals surface area contributed by atoms with Crippen LogP contribution in [0.4, 0.5) is 4.39 Å². The first-order valence-electron chi connectivity index (χ1n) is 9.51. The van der Waals surface area contributed by atoms with Gasteiger partial charge in [-0.15, -0.1) is 0 Å². The van der Waals surface area contributed by atoms with E-state index in [1.807, 2.05) is 6.07 Å². The summed E-state index contributed by atoms with van der Waals surface area (Å²) in [5.74, 6) is -0.487. The standard InChI is InChI=1S/C21H26BrFN2O3/c1-13-10-15-14(6-4-5-8-22)16-12-25(19(27)7-9-26)21(2,28-3)20(16)24-18(15)11-17(13)23/h10-11,26H,4-9,12H2,1-3H3. The third kappa shape index (κ3) is 3.55. The molecule has 0 saturated carbocycles. The van der Waals surface area contributed by atoms with E-state index in [0.717, 1.165) is 41.1 Å². The molecule has 1 aromatic heterocycles. The molecule has 0 bridgehead atoms. The molecular formula is C21H26BrFN2O3. The van der Waals surface area contributed by atoms with Crippen LogP contribution < -0.4 is 0 Å². The van der Waals surface area contributed by atoms with Crippen LogP contribution in [0.5, 0.6) is 0 Å². The van der Waals surface area contributed by atoms with Gasteiger partial charge in [0.05, 0.1) is 30.8 Å². The van der Waals surface area contributed by atoms with Gasteiger partial charge in [-0.05, 0) is 50.3 Å². The molecule has 1 N–H and O–H groups in total. The second kappa shape index (κ2) is 8.43. The highest BCUT2D eigenvalue weighted by atomic mass is 79.9. The molecule has 152 valence electrons. The molecule has 0 fully saturated rings. The van der Waals surface area contributed by atoms with Gasteiger partial charge in [-0.2, -0.15) is 0 Å². The van der Waals surface area contributed by atoms with Crippen molar-refractivity contribution < 1.29 is 19.0 Å². The number of hydrogen-bond donors (Lipinski definition) is 1. The number of pyridine rings is 1. The number of ether oxygens (including phenoxy) is 1. The lowest BCUT2D eigenvalue weighted by Gasteiger charge is -2.33. The van der Waals surface area contributed by atoms with Crippen molar-refractivity contribution in [1.82, 2.24) is 9.88 Å². The average Bonchev–Trinajstić information content (AvgIpc) is 2.96. The monoisotopic (exact) mass is 452 g/mol. The molecule has 1 aliphatic heterocycles. The van der Waals surface area contributed by atoms with E-state index in [-0.39, 0.29) is 24.8 Å². The smallest absolute Gasteiger partial charge is 0.227 e. The van der Waals surface area contributed by atoms with Gasteiger partial charge in [-0.25, -0.2) is 9.37 Å². The number of carbonyl (C=O) groups excluding carboxylic acids is 1. The third-order valence-electron chi connectivity index (χ3n) is 5.59. The fourth-order valence-corrected chi connectivity index (χ4v) is 4.33. The Morgan fingerprint density at radius 2 is 2.18 bits per heavy atom. The summed E-state index contributed by atoms with van der Waals surface area (Å²) in [5.41, 5.74) is 2.86. The number of aromatic nitrogens is 1. The Labute approximate surface area is 173 Å². The molecule has 0 aliphatic carbocycles. The largest absolute Gasteiger partial charge is 0.396 e. The van der Waals surface area contributed by atoms with E-state index in [4.69, 9.17) is 9.72 Å². The Balaban J connectivity index is 2.21. The van der Waals surface area contributed by atoms with E-state index in [1.54, 1.807) is 25.9 Å². The Hall–Kier alpha value is -1.57. The molecule has 1 aromatic carbocycles. The number of aliphatic hydroxyl groups excluding tert-OH is 1. The Morgan fingerprint density at radius 3 is 2.82 bits per heavy atom. The number of alkyl halides is 1. The molecule has 2 aromatic rings. The summed E-state index contributed by atoms with van der Waals surface area (Å²) in [6, 6.07) is 3.32. The number of halogens is 2. The highest BCUT2D eigenvalue weighted by Gasteiger charge is 2.46. The molecule has 28 heavy (non-hydrogen) atoms. The summed E-state index contributed by atoms with van der Waals surface area (Å²) in [5, 5.41) is 11.1. The van der Waals surface area contributed by atoms with Crippen LogP contribution in [0.3, 0.4) is 0 Å². The zero-order chi connectivity index (χ0) is 20.5. The molecule has 0 radical (unpaired) electrons. The number of fused-ring (bicyclic) bond motifs is 2. The normalized spacial score (nSPS) is 18.7. The van der Waals surface area contributed by atoms with Gasteiger partial charge in [0.15, 0.2) is 5.72 Å². The lowest BCUT2D eigenvalue weighted by Crippen LogP contribution is -2.44. The van der Waals surface area contributed by atoms with Crippen LogP contribution in [-0.2, 0) is 28.2 Å². The van der Waals surface area contributed by atoms with Crippen molar-refractivity contribution in [3.05, 3.63) is 40.3 Å². The van der Waals surface area contributed by atoms with Crippen LogP contribution >= 0.6 is 15.9 Å². The maximum Gasteiger partial charge on any atom is 0.227 e. The lowest BCUT2D eigenvalue weighted by atomic mass is 9.94. The number of rotatable bonds is 7. The van der Waals surface area contributed by atoms with Gasteiger partial charge in [-0.1, -0.05) is 15.9 Å². The average molecular weight is 453 g/mol. The first-order chi connectivity index (χ1) is 13.4. The highest BCUT2D eigenvalue weighted by Crippen LogP contribution is 2.43. The second-order valence-corrected chi connectivity index (χ2v) is 8.12. The van der Waals surface area contributed by atoms with Crippen molar-refractivity contribution in [1.29, 1.82) is 0 Å². The molecular weight excluding hydrogens is 427 g/mol. The van der Waals surface area contributed by atoms with Gasteiger partial charge in [0, 0.05) is 29.5 Å². The lowest BCUT2D eigenvalue weighted by molar-refractivity contribution is -0.165. The van der Waals surface area contributed by atoms with Gasteiger partial charge >= 0.3 is 0 Å². The number of carbonyl (C=O) groups is 1. The molecule has 1 atom stereocenters. The van der Waals surface area contributed by atoms with Gasteiger partial charge < -0.3 is 14.7 Å². The summed E-state index contributed by atoms with van der Waals surface area (Å²) in [6.45, 7) is 3.71. The van der Waals surface area contributed by atoms with Crippen molar-refractivity contribution in [3.63, 3.8) is 0 Å². The van der Waals surface area contributed by atoms with Crippen LogP contribution in [0.15, 0.2) is 12.1 Å². The minimum Gasteiger partial charge on any atom is -0.396 e. The fraction of sp³-hybridized carbons (Fsp3) is 0.524. The summed E-state index contributed by atoms with van der Waals surface area (Å²) in [4.78, 5) is 19.0. The predicted molar refractivity (Wildman–Crippen MR) is 110 cm³/mol. The Bertz CT molecular complexity index is 905. The molecule has 3 rings (SSSR count).